The molecule has 2 heterocycles. The summed E-state index contributed by atoms with van der Waals surface area (Å²) in [6.45, 7) is 0. The highest BCUT2D eigenvalue weighted by atomic mass is 35.5. The molecule has 0 aliphatic carbocycles. The van der Waals surface area contributed by atoms with Crippen LogP contribution in [0, 0.1) is 0 Å². The monoisotopic (exact) mass is 351 g/mol. The van der Waals surface area contributed by atoms with Crippen molar-refractivity contribution in [2.75, 3.05) is 5.73 Å². The molecule has 0 saturated carbocycles. The van der Waals surface area contributed by atoms with Gasteiger partial charge in [-0.3, -0.25) is 4.57 Å². The summed E-state index contributed by atoms with van der Waals surface area (Å²) in [5.74, 6) is 1.08. The van der Waals surface area contributed by atoms with Gasteiger partial charge in [-0.05, 0) is 36.4 Å². The average Bonchev–Trinajstić information content (AvgIpc) is 2.96. The maximum Gasteiger partial charge on any atom is 0.238 e. The molecule has 2 aromatic heterocycles. The van der Waals surface area contributed by atoms with Crippen LogP contribution in [0.4, 0.5) is 5.82 Å². The second-order valence-corrected chi connectivity index (χ2v) is 6.19. The van der Waals surface area contributed by atoms with Crippen LogP contribution in [0.5, 0.6) is 0 Å². The highest BCUT2D eigenvalue weighted by Crippen LogP contribution is 2.22. The van der Waals surface area contributed by atoms with Gasteiger partial charge in [0.1, 0.15) is 11.6 Å². The van der Waals surface area contributed by atoms with Gasteiger partial charge in [-0.15, -0.1) is 12.4 Å². The standard InChI is InChI=1S/C14H13N5O2S.ClH/c15-13-9-10(5-6-17-13)14-18-7-8-19(14)11-1-3-12(4-2-11)22(16,20)21;/h1-9H,(H2,15,17)(H2,16,20,21);1H. The second-order valence-electron chi connectivity index (χ2n) is 4.63. The average molecular weight is 352 g/mol. The van der Waals surface area contributed by atoms with Crippen molar-refractivity contribution in [3.63, 3.8) is 0 Å². The molecule has 23 heavy (non-hydrogen) atoms. The number of halogens is 1. The van der Waals surface area contributed by atoms with Crippen LogP contribution in [0.1, 0.15) is 0 Å². The number of aromatic nitrogens is 3. The SMILES string of the molecule is Cl.Nc1cc(-c2nccn2-c2ccc(S(N)(=O)=O)cc2)ccn1. The van der Waals surface area contributed by atoms with E-state index in [1.165, 1.54) is 12.1 Å². The molecule has 0 aliphatic heterocycles. The first kappa shape index (κ1) is 16.9. The predicted octanol–water partition coefficient (Wildman–Crippen LogP) is 1.59. The van der Waals surface area contributed by atoms with Gasteiger partial charge < -0.3 is 5.73 Å². The van der Waals surface area contributed by atoms with Gasteiger partial charge in [-0.1, -0.05) is 0 Å². The minimum absolute atomic E-state index is 0. The Morgan fingerprint density at radius 2 is 1.70 bits per heavy atom. The minimum atomic E-state index is -3.71. The lowest BCUT2D eigenvalue weighted by Gasteiger charge is -2.09. The van der Waals surface area contributed by atoms with E-state index in [1.807, 2.05) is 4.57 Å². The van der Waals surface area contributed by atoms with Gasteiger partial charge in [0.15, 0.2) is 0 Å². The van der Waals surface area contributed by atoms with Gasteiger partial charge in [0.25, 0.3) is 0 Å². The van der Waals surface area contributed by atoms with Gasteiger partial charge in [0.05, 0.1) is 4.90 Å². The third-order valence-electron chi connectivity index (χ3n) is 3.12. The van der Waals surface area contributed by atoms with Crippen molar-refractivity contribution < 1.29 is 8.42 Å². The van der Waals surface area contributed by atoms with Crippen molar-refractivity contribution in [2.45, 2.75) is 4.90 Å². The van der Waals surface area contributed by atoms with E-state index in [2.05, 4.69) is 9.97 Å². The summed E-state index contributed by atoms with van der Waals surface area (Å²) in [4.78, 5) is 8.32. The molecule has 1 aromatic carbocycles. The molecule has 3 rings (SSSR count). The van der Waals surface area contributed by atoms with Gasteiger partial charge in [0, 0.05) is 29.8 Å². The van der Waals surface area contributed by atoms with Crippen LogP contribution < -0.4 is 10.9 Å². The van der Waals surface area contributed by atoms with Crippen molar-refractivity contribution >= 4 is 28.2 Å². The fourth-order valence-corrected chi connectivity index (χ4v) is 2.62. The lowest BCUT2D eigenvalue weighted by Crippen LogP contribution is -2.12. The molecule has 0 bridgehead atoms. The number of rotatable bonds is 3. The van der Waals surface area contributed by atoms with Gasteiger partial charge in [-0.2, -0.15) is 0 Å². The zero-order valence-corrected chi connectivity index (χ0v) is 13.5. The lowest BCUT2D eigenvalue weighted by atomic mass is 10.2. The van der Waals surface area contributed by atoms with Crippen LogP contribution in [-0.4, -0.2) is 23.0 Å². The van der Waals surface area contributed by atoms with E-state index in [0.29, 0.717) is 11.6 Å². The highest BCUT2D eigenvalue weighted by Gasteiger charge is 2.11. The van der Waals surface area contributed by atoms with Crippen molar-refractivity contribution in [3.05, 3.63) is 55.0 Å². The molecule has 0 spiro atoms. The van der Waals surface area contributed by atoms with E-state index < -0.39 is 10.0 Å². The Balaban J connectivity index is 0.00000192. The number of hydrogen-bond donors (Lipinski definition) is 2. The number of sulfonamides is 1. The number of pyridine rings is 1. The molecule has 0 amide bonds. The van der Waals surface area contributed by atoms with Crippen LogP contribution in [-0.2, 0) is 10.0 Å². The Labute approximate surface area is 139 Å². The van der Waals surface area contributed by atoms with Gasteiger partial charge in [0.2, 0.25) is 10.0 Å². The number of anilines is 1. The molecule has 120 valence electrons. The Hall–Kier alpha value is -2.42. The molecule has 0 unspecified atom stereocenters. The quantitative estimate of drug-likeness (QED) is 0.743. The fraction of sp³-hybridized carbons (Fsp3) is 0. The molecule has 4 N–H and O–H groups in total. The number of imidazole rings is 1. The zero-order chi connectivity index (χ0) is 15.7. The van der Waals surface area contributed by atoms with E-state index in [0.717, 1.165) is 11.3 Å². The number of nitrogens with zero attached hydrogens (tertiary/aromatic N) is 3. The Morgan fingerprint density at radius 3 is 2.30 bits per heavy atom. The van der Waals surface area contributed by atoms with Crippen LogP contribution >= 0.6 is 12.4 Å². The summed E-state index contributed by atoms with van der Waals surface area (Å²) in [6.07, 6.45) is 5.03. The molecule has 0 fully saturated rings. The summed E-state index contributed by atoms with van der Waals surface area (Å²) in [6, 6.07) is 9.75. The molecule has 0 radical (unpaired) electrons. The predicted molar refractivity (Wildman–Crippen MR) is 89.8 cm³/mol. The van der Waals surface area contributed by atoms with Gasteiger partial charge in [-0.25, -0.2) is 23.5 Å². The second kappa shape index (κ2) is 6.37. The number of nitrogen functional groups attached to an aromatic ring is 1. The fourth-order valence-electron chi connectivity index (χ4n) is 2.11. The maximum absolute atomic E-state index is 11.3. The molecular formula is C14H14ClN5O2S. The topological polar surface area (TPSA) is 117 Å². The highest BCUT2D eigenvalue weighted by molar-refractivity contribution is 7.89. The first-order valence-corrected chi connectivity index (χ1v) is 7.88. The Kier molecular flexibility index (Phi) is 4.69. The Bertz CT molecular complexity index is 922. The normalized spacial score (nSPS) is 11.0. The third kappa shape index (κ3) is 3.50. The molecule has 0 atom stereocenters. The molecule has 9 heteroatoms. The van der Waals surface area contributed by atoms with E-state index in [4.69, 9.17) is 10.9 Å². The van der Waals surface area contributed by atoms with Crippen molar-refractivity contribution in [1.82, 2.24) is 14.5 Å². The molecule has 7 nitrogen and oxygen atoms in total. The van der Waals surface area contributed by atoms with Crippen molar-refractivity contribution in [3.8, 4) is 17.1 Å². The summed E-state index contributed by atoms with van der Waals surface area (Å²) >= 11 is 0. The zero-order valence-electron chi connectivity index (χ0n) is 11.8. The third-order valence-corrected chi connectivity index (χ3v) is 4.05. The summed E-state index contributed by atoms with van der Waals surface area (Å²) < 4.78 is 24.4. The van der Waals surface area contributed by atoms with Crippen LogP contribution in [0.2, 0.25) is 0 Å². The largest absolute Gasteiger partial charge is 0.384 e. The first-order valence-electron chi connectivity index (χ1n) is 6.33. The molecule has 3 aromatic rings. The van der Waals surface area contributed by atoms with Crippen LogP contribution in [0.3, 0.4) is 0 Å². The maximum atomic E-state index is 11.3. The van der Waals surface area contributed by atoms with E-state index in [9.17, 15) is 8.42 Å². The number of nitrogens with two attached hydrogens (primary N) is 2. The van der Waals surface area contributed by atoms with Gasteiger partial charge >= 0.3 is 0 Å². The van der Waals surface area contributed by atoms with Crippen LogP contribution in [0.15, 0.2) is 59.9 Å². The minimum Gasteiger partial charge on any atom is -0.384 e. The molecular weight excluding hydrogens is 338 g/mol. The first-order chi connectivity index (χ1) is 10.4. The number of benzene rings is 1. The summed E-state index contributed by atoms with van der Waals surface area (Å²) in [7, 11) is -3.71. The molecule has 0 saturated heterocycles. The smallest absolute Gasteiger partial charge is 0.238 e. The van der Waals surface area contributed by atoms with E-state index in [-0.39, 0.29) is 17.3 Å². The summed E-state index contributed by atoms with van der Waals surface area (Å²) in [5, 5.41) is 5.10. The van der Waals surface area contributed by atoms with Crippen molar-refractivity contribution in [1.29, 1.82) is 0 Å². The van der Waals surface area contributed by atoms with Crippen LogP contribution in [0.25, 0.3) is 17.1 Å². The number of primary sulfonamides is 1. The van der Waals surface area contributed by atoms with E-state index >= 15 is 0 Å². The lowest BCUT2D eigenvalue weighted by molar-refractivity contribution is 0.598. The van der Waals surface area contributed by atoms with E-state index in [1.54, 1.807) is 42.9 Å². The summed E-state index contributed by atoms with van der Waals surface area (Å²) in [5.41, 5.74) is 7.26. The number of hydrogen-bond acceptors (Lipinski definition) is 5. The Morgan fingerprint density at radius 1 is 1.00 bits per heavy atom. The molecule has 0 aliphatic rings. The van der Waals surface area contributed by atoms with Crippen molar-refractivity contribution in [2.24, 2.45) is 5.14 Å².